The molecule has 39 heavy (non-hydrogen) atoms. The predicted octanol–water partition coefficient (Wildman–Crippen LogP) is 2.56. The Balaban J connectivity index is 1.57. The minimum absolute atomic E-state index is 0.0197. The highest BCUT2D eigenvalue weighted by Gasteiger charge is 2.37. The van der Waals surface area contributed by atoms with E-state index in [-0.39, 0.29) is 45.9 Å². The van der Waals surface area contributed by atoms with Crippen molar-refractivity contribution in [2.75, 3.05) is 19.7 Å². The molecule has 0 saturated carbocycles. The van der Waals surface area contributed by atoms with Gasteiger partial charge < -0.3 is 29.7 Å². The van der Waals surface area contributed by atoms with Gasteiger partial charge in [-0.15, -0.1) is 0 Å². The zero-order valence-corrected chi connectivity index (χ0v) is 21.7. The van der Waals surface area contributed by atoms with Crippen LogP contribution in [0.25, 0.3) is 0 Å². The standard InChI is InChI=1S/C29H35N3O7/c1-29(2,3)39-26(34)12-11-23(27(30)35)32-16-22-21(28(32)36)5-4-6-24(22)38-17-20-9-7-19(8-10-20)15-31-13-14-37-18-25(31)33/h4-10,23H,11-18H2,1-3H3,(H2,30,35)/t23-/m0/s1/i13D2,14D2,15D2,17D2,23D. The molecule has 2 N–H and O–H groups in total. The van der Waals surface area contributed by atoms with Gasteiger partial charge in [-0.05, 0) is 50.5 Å². The van der Waals surface area contributed by atoms with Gasteiger partial charge in [0.25, 0.3) is 5.91 Å². The first-order chi connectivity index (χ1) is 21.8. The van der Waals surface area contributed by atoms with Crippen LogP contribution in [-0.4, -0.2) is 64.8 Å². The van der Waals surface area contributed by atoms with E-state index in [4.69, 9.17) is 27.5 Å². The molecule has 0 aliphatic carbocycles. The lowest BCUT2D eigenvalue weighted by atomic mass is 10.1. The molecule has 2 aromatic rings. The van der Waals surface area contributed by atoms with E-state index in [9.17, 15) is 19.2 Å². The topological polar surface area (TPSA) is 128 Å². The fourth-order valence-corrected chi connectivity index (χ4v) is 3.87. The van der Waals surface area contributed by atoms with Crippen molar-refractivity contribution in [1.82, 2.24) is 9.80 Å². The van der Waals surface area contributed by atoms with Gasteiger partial charge in [0, 0.05) is 30.5 Å². The van der Waals surface area contributed by atoms with Gasteiger partial charge in [-0.1, -0.05) is 30.3 Å². The normalized spacial score (nSPS) is 23.7. The third-order valence-electron chi connectivity index (χ3n) is 5.60. The van der Waals surface area contributed by atoms with Crippen LogP contribution in [0.1, 0.15) is 73.0 Å². The first-order valence-corrected chi connectivity index (χ1v) is 12.1. The number of esters is 1. The number of carbonyl (C=O) groups is 4. The van der Waals surface area contributed by atoms with Crippen LogP contribution in [0.4, 0.5) is 0 Å². The number of amides is 3. The predicted molar refractivity (Wildman–Crippen MR) is 141 cm³/mol. The second-order valence-corrected chi connectivity index (χ2v) is 9.70. The van der Waals surface area contributed by atoms with Crippen molar-refractivity contribution >= 4 is 23.7 Å². The number of morpholine rings is 1. The fraction of sp³-hybridized carbons (Fsp3) is 0.448. The second-order valence-electron chi connectivity index (χ2n) is 9.70. The van der Waals surface area contributed by atoms with Crippen molar-refractivity contribution in [3.63, 3.8) is 0 Å². The number of rotatable bonds is 10. The molecule has 0 unspecified atom stereocenters. The number of ether oxygens (including phenoxy) is 3. The smallest absolute Gasteiger partial charge is 0.306 e. The van der Waals surface area contributed by atoms with Gasteiger partial charge >= 0.3 is 5.97 Å². The van der Waals surface area contributed by atoms with E-state index in [0.717, 1.165) is 29.2 Å². The molecule has 1 fully saturated rings. The maximum atomic E-state index is 13.4. The highest BCUT2D eigenvalue weighted by molar-refractivity contribution is 6.01. The Labute approximate surface area is 240 Å². The number of benzene rings is 2. The number of nitrogens with zero attached hydrogens (tertiary/aromatic N) is 2. The molecule has 10 heteroatoms. The summed E-state index contributed by atoms with van der Waals surface area (Å²) in [5.41, 5.74) is 4.47. The third-order valence-corrected chi connectivity index (χ3v) is 5.60. The number of carbonyl (C=O) groups excluding carboxylic acids is 4. The van der Waals surface area contributed by atoms with Gasteiger partial charge in [0.05, 0.1) is 25.4 Å². The zero-order valence-electron chi connectivity index (χ0n) is 30.7. The summed E-state index contributed by atoms with van der Waals surface area (Å²) in [5.74, 6) is -3.89. The van der Waals surface area contributed by atoms with Crippen LogP contribution in [-0.2, 0) is 43.5 Å². The summed E-state index contributed by atoms with van der Waals surface area (Å²) in [4.78, 5) is 51.7. The Morgan fingerprint density at radius 1 is 1.18 bits per heavy atom. The summed E-state index contributed by atoms with van der Waals surface area (Å²) in [6, 6.07) is 6.30. The summed E-state index contributed by atoms with van der Waals surface area (Å²) in [6.45, 7) is -8.01. The fourth-order valence-electron chi connectivity index (χ4n) is 3.87. The van der Waals surface area contributed by atoms with E-state index in [1.165, 1.54) is 18.2 Å². The molecule has 2 aliphatic rings. The van der Waals surface area contributed by atoms with Crippen molar-refractivity contribution in [3.05, 3.63) is 64.7 Å². The molecule has 0 aromatic heterocycles. The number of hydrogen-bond acceptors (Lipinski definition) is 7. The maximum absolute atomic E-state index is 13.4. The Kier molecular flexibility index (Phi) is 5.59. The quantitative estimate of drug-likeness (QED) is 0.454. The molecule has 0 radical (unpaired) electrons. The summed E-state index contributed by atoms with van der Waals surface area (Å²) in [7, 11) is 0. The maximum Gasteiger partial charge on any atom is 0.306 e. The van der Waals surface area contributed by atoms with Crippen molar-refractivity contribution in [2.24, 2.45) is 5.73 Å². The SMILES string of the molecule is [2H]C([2H])(Oc1cccc2c1CN([C@@]([2H])(CCC(=O)OC(C)(C)C)C(N)=O)C2=O)c1ccc(C([2H])([2H])N2C(=O)COC([2H])([2H])C2([2H])[2H])cc1. The largest absolute Gasteiger partial charge is 0.489 e. The van der Waals surface area contributed by atoms with Crippen LogP contribution in [0.15, 0.2) is 42.5 Å². The molecule has 0 bridgehead atoms. The molecule has 1 saturated heterocycles. The first kappa shape index (κ1) is 18.4. The van der Waals surface area contributed by atoms with Crippen LogP contribution in [0.5, 0.6) is 5.75 Å². The monoisotopic (exact) mass is 546 g/mol. The van der Waals surface area contributed by atoms with Gasteiger partial charge in [0.1, 0.15) is 30.5 Å². The number of fused-ring (bicyclic) bond motifs is 1. The highest BCUT2D eigenvalue weighted by atomic mass is 16.6. The Hall–Kier alpha value is -3.92. The molecule has 10 nitrogen and oxygen atoms in total. The van der Waals surface area contributed by atoms with Gasteiger partial charge in [-0.25, -0.2) is 0 Å². The average Bonchev–Trinajstić information content (AvgIpc) is 3.30. The molecule has 4 rings (SSSR count). The van der Waals surface area contributed by atoms with Crippen molar-refractivity contribution in [3.8, 4) is 5.75 Å². The molecular formula is C29H35N3O7. The summed E-state index contributed by atoms with van der Waals surface area (Å²) >= 11 is 0. The molecule has 2 aliphatic heterocycles. The van der Waals surface area contributed by atoms with Crippen LogP contribution < -0.4 is 10.5 Å². The molecule has 0 spiro atoms. The lowest BCUT2D eigenvalue weighted by molar-refractivity contribution is -0.155. The van der Waals surface area contributed by atoms with Crippen LogP contribution >= 0.6 is 0 Å². The Bertz CT molecular complexity index is 1630. The lowest BCUT2D eigenvalue weighted by Crippen LogP contribution is -2.45. The first-order valence-electron chi connectivity index (χ1n) is 16.6. The molecule has 2 heterocycles. The molecule has 1 atom stereocenters. The van der Waals surface area contributed by atoms with Crippen molar-refractivity contribution in [1.29, 1.82) is 0 Å². The molecule has 208 valence electrons. The number of nitrogens with two attached hydrogens (primary N) is 1. The van der Waals surface area contributed by atoms with Crippen LogP contribution in [0.3, 0.4) is 0 Å². The average molecular weight is 547 g/mol. The van der Waals surface area contributed by atoms with Gasteiger partial charge in [-0.3, -0.25) is 19.2 Å². The summed E-state index contributed by atoms with van der Waals surface area (Å²) in [5, 5.41) is 0. The van der Waals surface area contributed by atoms with E-state index >= 15 is 0 Å². The Morgan fingerprint density at radius 3 is 2.59 bits per heavy atom. The highest BCUT2D eigenvalue weighted by Crippen LogP contribution is 2.33. The summed E-state index contributed by atoms with van der Waals surface area (Å²) < 4.78 is 90.3. The van der Waals surface area contributed by atoms with Crippen LogP contribution in [0, 0.1) is 0 Å². The van der Waals surface area contributed by atoms with Crippen molar-refractivity contribution in [2.45, 2.75) is 64.8 Å². The lowest BCUT2D eigenvalue weighted by Gasteiger charge is -2.26. The number of hydrogen-bond donors (Lipinski definition) is 1. The molecule has 2 aromatic carbocycles. The van der Waals surface area contributed by atoms with E-state index in [1.807, 2.05) is 0 Å². The van der Waals surface area contributed by atoms with E-state index in [2.05, 4.69) is 4.74 Å². The summed E-state index contributed by atoms with van der Waals surface area (Å²) in [6.07, 6.45) is -0.850. The minimum Gasteiger partial charge on any atom is -0.489 e. The van der Waals surface area contributed by atoms with Gasteiger partial charge in [0.2, 0.25) is 11.8 Å². The van der Waals surface area contributed by atoms with Crippen molar-refractivity contribution < 1.29 is 45.7 Å². The number of primary amides is 1. The minimum atomic E-state index is -3.19. The van der Waals surface area contributed by atoms with E-state index < -0.39 is 74.4 Å². The van der Waals surface area contributed by atoms with E-state index in [1.54, 1.807) is 20.8 Å². The van der Waals surface area contributed by atoms with Gasteiger partial charge in [-0.2, -0.15) is 0 Å². The molecule has 3 amide bonds. The molecular weight excluding hydrogens is 502 g/mol. The van der Waals surface area contributed by atoms with E-state index in [0.29, 0.717) is 0 Å². The zero-order chi connectivity index (χ0) is 36.3. The third kappa shape index (κ3) is 7.14. The second kappa shape index (κ2) is 11.9. The Morgan fingerprint density at radius 2 is 1.90 bits per heavy atom. The van der Waals surface area contributed by atoms with Gasteiger partial charge in [0.15, 0.2) is 0 Å². The van der Waals surface area contributed by atoms with Crippen LogP contribution in [0.2, 0.25) is 0 Å².